The third kappa shape index (κ3) is 4.05. The molecule has 0 aromatic heterocycles. The quantitative estimate of drug-likeness (QED) is 0.863. The average Bonchev–Trinajstić information content (AvgIpc) is 2.52. The fraction of sp³-hybridized carbons (Fsp3) is 0.294. The van der Waals surface area contributed by atoms with Gasteiger partial charge in [-0.3, -0.25) is 4.31 Å². The van der Waals surface area contributed by atoms with Gasteiger partial charge in [0.05, 0.1) is 23.2 Å². The predicted molar refractivity (Wildman–Crippen MR) is 93.5 cm³/mol. The summed E-state index contributed by atoms with van der Waals surface area (Å²) in [4.78, 5) is 0.189. The Hall–Kier alpha value is -1.56. The first kappa shape index (κ1) is 17.8. The molecule has 124 valence electrons. The van der Waals surface area contributed by atoms with Gasteiger partial charge in [-0.1, -0.05) is 36.7 Å². The maximum Gasteiger partial charge on any atom is 0.264 e. The summed E-state index contributed by atoms with van der Waals surface area (Å²) in [6, 6.07) is 13.5. The van der Waals surface area contributed by atoms with E-state index in [1.54, 1.807) is 43.3 Å². The van der Waals surface area contributed by atoms with Crippen molar-refractivity contribution in [2.75, 3.05) is 10.8 Å². The van der Waals surface area contributed by atoms with E-state index in [4.69, 9.17) is 11.6 Å². The molecule has 1 atom stereocenters. The van der Waals surface area contributed by atoms with E-state index in [0.717, 1.165) is 0 Å². The van der Waals surface area contributed by atoms with Crippen LogP contribution in [0.2, 0.25) is 5.02 Å². The van der Waals surface area contributed by atoms with Crippen LogP contribution in [0.3, 0.4) is 0 Å². The molecule has 4 nitrogen and oxygen atoms in total. The normalized spacial score (nSPS) is 12.9. The van der Waals surface area contributed by atoms with E-state index in [0.29, 0.717) is 22.7 Å². The summed E-state index contributed by atoms with van der Waals surface area (Å²) in [5.41, 5.74) is 1.10. The Balaban J connectivity index is 2.52. The van der Waals surface area contributed by atoms with Crippen molar-refractivity contribution < 1.29 is 13.5 Å². The minimum Gasteiger partial charge on any atom is -0.391 e. The van der Waals surface area contributed by atoms with Crippen molar-refractivity contribution >= 4 is 27.3 Å². The molecule has 0 amide bonds. The van der Waals surface area contributed by atoms with Gasteiger partial charge in [-0.2, -0.15) is 0 Å². The molecule has 6 heteroatoms. The summed E-state index contributed by atoms with van der Waals surface area (Å²) >= 11 is 5.92. The van der Waals surface area contributed by atoms with Crippen LogP contribution < -0.4 is 4.31 Å². The zero-order chi connectivity index (χ0) is 17.0. The van der Waals surface area contributed by atoms with E-state index in [2.05, 4.69) is 0 Å². The minimum atomic E-state index is -3.79. The molecule has 1 N–H and O–H groups in total. The molecule has 0 radical (unpaired) electrons. The van der Waals surface area contributed by atoms with Crippen LogP contribution >= 0.6 is 11.6 Å². The molecule has 23 heavy (non-hydrogen) atoms. The predicted octanol–water partition coefficient (Wildman–Crippen LogP) is 3.61. The lowest BCUT2D eigenvalue weighted by atomic mass is 10.2. The van der Waals surface area contributed by atoms with Gasteiger partial charge < -0.3 is 5.11 Å². The van der Waals surface area contributed by atoms with Crippen molar-refractivity contribution in [3.63, 3.8) is 0 Å². The zero-order valence-corrected chi connectivity index (χ0v) is 14.7. The highest BCUT2D eigenvalue weighted by Gasteiger charge is 2.28. The molecule has 0 aliphatic rings. The lowest BCUT2D eigenvalue weighted by molar-refractivity contribution is 0.179. The van der Waals surface area contributed by atoms with Gasteiger partial charge >= 0.3 is 0 Å². The second kappa shape index (κ2) is 7.34. The van der Waals surface area contributed by atoms with E-state index >= 15 is 0 Å². The molecule has 0 aliphatic carbocycles. The summed E-state index contributed by atoms with van der Waals surface area (Å²) in [6.45, 7) is 3.52. The average molecular weight is 354 g/mol. The van der Waals surface area contributed by atoms with Crippen LogP contribution in [0.25, 0.3) is 0 Å². The molecule has 0 heterocycles. The number of para-hydroxylation sites is 1. The SMILES string of the molecule is CCC(O)CN(c1ccccc1)S(=O)(=O)c1ccc(Cl)cc1C. The number of benzene rings is 2. The number of aliphatic hydroxyl groups excluding tert-OH is 1. The number of halogens is 1. The van der Waals surface area contributed by atoms with E-state index in [-0.39, 0.29) is 11.4 Å². The Morgan fingerprint density at radius 1 is 1.17 bits per heavy atom. The first-order valence-corrected chi connectivity index (χ1v) is 9.20. The monoisotopic (exact) mass is 353 g/mol. The van der Waals surface area contributed by atoms with Gasteiger partial charge in [-0.05, 0) is 49.2 Å². The zero-order valence-electron chi connectivity index (χ0n) is 13.1. The molecule has 0 spiro atoms. The number of anilines is 1. The van der Waals surface area contributed by atoms with E-state index in [1.165, 1.54) is 10.4 Å². The second-order valence-corrected chi connectivity index (χ2v) is 7.61. The second-order valence-electron chi connectivity index (χ2n) is 5.34. The Kier molecular flexibility index (Phi) is 5.68. The highest BCUT2D eigenvalue weighted by molar-refractivity contribution is 7.92. The number of aliphatic hydroxyl groups is 1. The molecule has 0 fully saturated rings. The Morgan fingerprint density at radius 2 is 1.83 bits per heavy atom. The molecule has 2 aromatic rings. The van der Waals surface area contributed by atoms with Gasteiger partial charge in [0.2, 0.25) is 0 Å². The fourth-order valence-electron chi connectivity index (χ4n) is 2.28. The topological polar surface area (TPSA) is 57.6 Å². The van der Waals surface area contributed by atoms with Crippen molar-refractivity contribution in [3.8, 4) is 0 Å². The van der Waals surface area contributed by atoms with E-state index in [9.17, 15) is 13.5 Å². The molecular formula is C17H20ClNO3S. The third-order valence-corrected chi connectivity index (χ3v) is 5.79. The smallest absolute Gasteiger partial charge is 0.264 e. The van der Waals surface area contributed by atoms with Crippen LogP contribution in [0.4, 0.5) is 5.69 Å². The number of hydrogen-bond donors (Lipinski definition) is 1. The first-order chi connectivity index (χ1) is 10.9. The Labute approximate surface area is 142 Å². The number of rotatable bonds is 6. The van der Waals surface area contributed by atoms with Gasteiger partial charge in [0.1, 0.15) is 0 Å². The summed E-state index contributed by atoms with van der Waals surface area (Å²) < 4.78 is 27.4. The standard InChI is InChI=1S/C17H20ClNO3S/c1-3-16(20)12-19(15-7-5-4-6-8-15)23(21,22)17-10-9-14(18)11-13(17)2/h4-11,16,20H,3,12H2,1-2H3. The Morgan fingerprint density at radius 3 is 2.39 bits per heavy atom. The summed E-state index contributed by atoms with van der Waals surface area (Å²) in [5.74, 6) is 0. The molecule has 2 aromatic carbocycles. The van der Waals surface area contributed by atoms with Crippen LogP contribution in [-0.2, 0) is 10.0 Å². The Bertz CT molecular complexity index is 763. The summed E-state index contributed by atoms with van der Waals surface area (Å²) in [6.07, 6.45) is -0.268. The van der Waals surface area contributed by atoms with Gasteiger partial charge in [0.25, 0.3) is 10.0 Å². The number of sulfonamides is 1. The van der Waals surface area contributed by atoms with E-state index < -0.39 is 16.1 Å². The van der Waals surface area contributed by atoms with Crippen molar-refractivity contribution in [2.24, 2.45) is 0 Å². The summed E-state index contributed by atoms with van der Waals surface area (Å²) in [7, 11) is -3.79. The molecule has 0 saturated heterocycles. The van der Waals surface area contributed by atoms with E-state index in [1.807, 2.05) is 13.0 Å². The molecule has 0 saturated carbocycles. The van der Waals surface area contributed by atoms with Crippen molar-refractivity contribution in [1.29, 1.82) is 0 Å². The number of aryl methyl sites for hydroxylation is 1. The lowest BCUT2D eigenvalue weighted by Crippen LogP contribution is -2.37. The minimum absolute atomic E-state index is 0.00487. The van der Waals surface area contributed by atoms with Crippen LogP contribution in [0.5, 0.6) is 0 Å². The van der Waals surface area contributed by atoms with Gasteiger partial charge in [0, 0.05) is 5.02 Å². The van der Waals surface area contributed by atoms with Crippen molar-refractivity contribution in [2.45, 2.75) is 31.3 Å². The maximum atomic E-state index is 13.1. The van der Waals surface area contributed by atoms with Gasteiger partial charge in [-0.15, -0.1) is 0 Å². The number of hydrogen-bond acceptors (Lipinski definition) is 3. The largest absolute Gasteiger partial charge is 0.391 e. The third-order valence-electron chi connectivity index (χ3n) is 3.60. The first-order valence-electron chi connectivity index (χ1n) is 7.38. The summed E-state index contributed by atoms with van der Waals surface area (Å²) in [5, 5.41) is 10.5. The molecule has 2 rings (SSSR count). The molecule has 1 unspecified atom stereocenters. The molecular weight excluding hydrogens is 334 g/mol. The molecule has 0 aliphatic heterocycles. The van der Waals surface area contributed by atoms with Crippen LogP contribution in [0.15, 0.2) is 53.4 Å². The van der Waals surface area contributed by atoms with Crippen LogP contribution in [0, 0.1) is 6.92 Å². The van der Waals surface area contributed by atoms with Gasteiger partial charge in [-0.25, -0.2) is 8.42 Å². The van der Waals surface area contributed by atoms with Crippen LogP contribution in [0.1, 0.15) is 18.9 Å². The van der Waals surface area contributed by atoms with Gasteiger partial charge in [0.15, 0.2) is 0 Å². The van der Waals surface area contributed by atoms with Crippen molar-refractivity contribution in [1.82, 2.24) is 0 Å². The molecule has 0 bridgehead atoms. The maximum absolute atomic E-state index is 13.1. The van der Waals surface area contributed by atoms with Crippen molar-refractivity contribution in [3.05, 3.63) is 59.1 Å². The highest BCUT2D eigenvalue weighted by atomic mass is 35.5. The number of nitrogens with zero attached hydrogens (tertiary/aromatic N) is 1. The lowest BCUT2D eigenvalue weighted by Gasteiger charge is -2.27. The highest BCUT2D eigenvalue weighted by Crippen LogP contribution is 2.27. The fourth-order valence-corrected chi connectivity index (χ4v) is 4.22. The van der Waals surface area contributed by atoms with Crippen LogP contribution in [-0.4, -0.2) is 26.2 Å².